The molecule has 1 aromatic carbocycles. The first kappa shape index (κ1) is 12.8. The molecule has 1 aliphatic rings. The van der Waals surface area contributed by atoms with Crippen molar-refractivity contribution < 1.29 is 9.59 Å². The van der Waals surface area contributed by atoms with Crippen molar-refractivity contribution in [3.63, 3.8) is 0 Å². The monoisotopic (exact) mass is 363 g/mol. The van der Waals surface area contributed by atoms with E-state index in [2.05, 4.69) is 22.6 Å². The highest BCUT2D eigenvalue weighted by atomic mass is 127. The highest BCUT2D eigenvalue weighted by molar-refractivity contribution is 14.1. The van der Waals surface area contributed by atoms with Crippen LogP contribution in [0.4, 0.5) is 5.69 Å². The van der Waals surface area contributed by atoms with Gasteiger partial charge in [0.2, 0.25) is 11.8 Å². The number of halogens is 2. The van der Waals surface area contributed by atoms with Gasteiger partial charge in [-0.1, -0.05) is 25.4 Å². The van der Waals surface area contributed by atoms with Gasteiger partial charge in [-0.05, 0) is 40.8 Å². The quantitative estimate of drug-likeness (QED) is 0.568. The van der Waals surface area contributed by atoms with E-state index < -0.39 is 0 Å². The second-order valence-electron chi connectivity index (χ2n) is 4.18. The van der Waals surface area contributed by atoms with E-state index in [9.17, 15) is 9.59 Å². The lowest BCUT2D eigenvalue weighted by Crippen LogP contribution is -2.30. The second-order valence-corrected chi connectivity index (χ2v) is 5.84. The molecule has 3 nitrogen and oxygen atoms in total. The Kier molecular flexibility index (Phi) is 3.45. The topological polar surface area (TPSA) is 37.4 Å². The first-order valence-corrected chi connectivity index (χ1v) is 6.72. The lowest BCUT2D eigenvalue weighted by atomic mass is 10.00. The van der Waals surface area contributed by atoms with Crippen LogP contribution in [0, 0.1) is 15.4 Å². The average Bonchev–Trinajstić information content (AvgIpc) is 2.45. The maximum atomic E-state index is 12.0. The molecule has 1 aromatic rings. The van der Waals surface area contributed by atoms with Gasteiger partial charge in [-0.2, -0.15) is 0 Å². The minimum Gasteiger partial charge on any atom is -0.274 e. The highest BCUT2D eigenvalue weighted by Crippen LogP contribution is 2.35. The minimum absolute atomic E-state index is 0.175. The molecule has 0 radical (unpaired) electrons. The number of hydrogen-bond donors (Lipinski definition) is 0. The van der Waals surface area contributed by atoms with Crippen LogP contribution in [0.15, 0.2) is 18.2 Å². The largest absolute Gasteiger partial charge is 0.274 e. The molecule has 2 unspecified atom stereocenters. The summed E-state index contributed by atoms with van der Waals surface area (Å²) in [5, 5.41) is 0.430. The summed E-state index contributed by atoms with van der Waals surface area (Å²) in [7, 11) is 0. The van der Waals surface area contributed by atoms with Gasteiger partial charge in [0.1, 0.15) is 0 Å². The smallest absolute Gasteiger partial charge is 0.237 e. The number of hydrogen-bond acceptors (Lipinski definition) is 2. The molecule has 1 fully saturated rings. The summed E-state index contributed by atoms with van der Waals surface area (Å²) in [4.78, 5) is 25.2. The standard InChI is InChI=1S/C12H11ClINO2/c1-6-7(2)12(17)15(11(6)16)10-4-3-8(14)5-9(10)13/h3-7H,1-2H3. The van der Waals surface area contributed by atoms with Gasteiger partial charge in [0.15, 0.2) is 0 Å². The van der Waals surface area contributed by atoms with Crippen LogP contribution < -0.4 is 4.90 Å². The van der Waals surface area contributed by atoms with Gasteiger partial charge >= 0.3 is 0 Å². The molecule has 0 bridgehead atoms. The summed E-state index contributed by atoms with van der Waals surface area (Å²) in [5.41, 5.74) is 0.485. The Bertz CT molecular complexity index is 483. The summed E-state index contributed by atoms with van der Waals surface area (Å²) >= 11 is 8.22. The summed E-state index contributed by atoms with van der Waals surface area (Å²) in [6.07, 6.45) is 0. The van der Waals surface area contributed by atoms with Gasteiger partial charge in [-0.3, -0.25) is 9.59 Å². The van der Waals surface area contributed by atoms with Crippen LogP contribution in [0.2, 0.25) is 5.02 Å². The Balaban J connectivity index is 2.47. The fourth-order valence-corrected chi connectivity index (χ4v) is 2.78. The van der Waals surface area contributed by atoms with Crippen molar-refractivity contribution in [3.05, 3.63) is 26.8 Å². The number of nitrogens with zero attached hydrogens (tertiary/aromatic N) is 1. The Hall–Kier alpha value is -0.620. The van der Waals surface area contributed by atoms with Crippen molar-refractivity contribution in [1.29, 1.82) is 0 Å². The highest BCUT2D eigenvalue weighted by Gasteiger charge is 2.43. The maximum Gasteiger partial charge on any atom is 0.237 e. The number of rotatable bonds is 1. The van der Waals surface area contributed by atoms with Gasteiger partial charge in [0.25, 0.3) is 0 Å². The van der Waals surface area contributed by atoms with Crippen molar-refractivity contribution in [3.8, 4) is 0 Å². The van der Waals surface area contributed by atoms with E-state index in [1.807, 2.05) is 6.07 Å². The summed E-state index contributed by atoms with van der Waals surface area (Å²) < 4.78 is 0.969. The van der Waals surface area contributed by atoms with Crippen LogP contribution in [-0.4, -0.2) is 11.8 Å². The molecule has 0 aliphatic carbocycles. The normalized spacial score (nSPS) is 24.6. The van der Waals surface area contributed by atoms with Gasteiger partial charge in [0.05, 0.1) is 10.7 Å². The zero-order valence-electron chi connectivity index (χ0n) is 9.41. The van der Waals surface area contributed by atoms with Crippen LogP contribution in [0.5, 0.6) is 0 Å². The summed E-state index contributed by atoms with van der Waals surface area (Å²) in [5.74, 6) is -0.910. The SMILES string of the molecule is CC1C(=O)N(c2ccc(I)cc2Cl)C(=O)C1C. The van der Waals surface area contributed by atoms with Crippen molar-refractivity contribution >= 4 is 51.7 Å². The van der Waals surface area contributed by atoms with Crippen molar-refractivity contribution in [2.24, 2.45) is 11.8 Å². The molecule has 0 aromatic heterocycles. The van der Waals surface area contributed by atoms with Gasteiger partial charge in [0, 0.05) is 15.4 Å². The van der Waals surface area contributed by atoms with E-state index in [4.69, 9.17) is 11.6 Å². The fourth-order valence-electron chi connectivity index (χ4n) is 1.84. The van der Waals surface area contributed by atoms with Gasteiger partial charge in [-0.15, -0.1) is 0 Å². The molecular weight excluding hydrogens is 352 g/mol. The van der Waals surface area contributed by atoms with E-state index in [0.29, 0.717) is 10.7 Å². The maximum absolute atomic E-state index is 12.0. The lowest BCUT2D eigenvalue weighted by molar-refractivity contribution is -0.122. The number of amides is 2. The summed E-state index contributed by atoms with van der Waals surface area (Å²) in [6.45, 7) is 3.54. The van der Waals surface area contributed by atoms with E-state index in [0.717, 1.165) is 3.57 Å². The molecule has 2 rings (SSSR count). The molecule has 0 spiro atoms. The number of benzene rings is 1. The number of carbonyl (C=O) groups excluding carboxylic acids is 2. The summed E-state index contributed by atoms with van der Waals surface area (Å²) in [6, 6.07) is 5.28. The second kappa shape index (κ2) is 4.57. The molecule has 1 aliphatic heterocycles. The van der Waals surface area contributed by atoms with E-state index in [1.165, 1.54) is 4.90 Å². The van der Waals surface area contributed by atoms with E-state index in [-0.39, 0.29) is 23.7 Å². The molecule has 90 valence electrons. The fraction of sp³-hybridized carbons (Fsp3) is 0.333. The molecule has 17 heavy (non-hydrogen) atoms. The predicted octanol–water partition coefficient (Wildman–Crippen LogP) is 3.09. The molecule has 5 heteroatoms. The molecular formula is C12H11ClINO2. The van der Waals surface area contributed by atoms with Crippen molar-refractivity contribution in [2.45, 2.75) is 13.8 Å². The molecule has 0 N–H and O–H groups in total. The van der Waals surface area contributed by atoms with E-state index in [1.54, 1.807) is 26.0 Å². The first-order chi connectivity index (χ1) is 7.93. The van der Waals surface area contributed by atoms with Crippen molar-refractivity contribution in [1.82, 2.24) is 0 Å². The Morgan fingerprint density at radius 2 is 1.71 bits per heavy atom. The molecule has 0 saturated carbocycles. The third-order valence-corrected chi connectivity index (χ3v) is 4.09. The molecule has 1 saturated heterocycles. The lowest BCUT2D eigenvalue weighted by Gasteiger charge is -2.16. The third kappa shape index (κ3) is 2.08. The van der Waals surface area contributed by atoms with Gasteiger partial charge in [-0.25, -0.2) is 4.90 Å². The molecule has 2 amide bonds. The van der Waals surface area contributed by atoms with Crippen LogP contribution in [0.3, 0.4) is 0 Å². The Labute approximate surface area is 118 Å². The first-order valence-electron chi connectivity index (χ1n) is 5.26. The molecule has 1 heterocycles. The predicted molar refractivity (Wildman–Crippen MR) is 75.0 cm³/mol. The number of imide groups is 1. The number of carbonyl (C=O) groups is 2. The third-order valence-electron chi connectivity index (χ3n) is 3.12. The Morgan fingerprint density at radius 3 is 2.18 bits per heavy atom. The van der Waals surface area contributed by atoms with Crippen LogP contribution in [0.1, 0.15) is 13.8 Å². The van der Waals surface area contributed by atoms with Crippen LogP contribution in [-0.2, 0) is 9.59 Å². The average molecular weight is 364 g/mol. The van der Waals surface area contributed by atoms with Crippen LogP contribution >= 0.6 is 34.2 Å². The molecule has 2 atom stereocenters. The van der Waals surface area contributed by atoms with Crippen LogP contribution in [0.25, 0.3) is 0 Å². The minimum atomic E-state index is -0.280. The zero-order chi connectivity index (χ0) is 12.7. The number of anilines is 1. The van der Waals surface area contributed by atoms with Crippen molar-refractivity contribution in [2.75, 3.05) is 4.90 Å². The Morgan fingerprint density at radius 1 is 1.18 bits per heavy atom. The van der Waals surface area contributed by atoms with E-state index >= 15 is 0 Å². The van der Waals surface area contributed by atoms with Gasteiger partial charge < -0.3 is 0 Å². The zero-order valence-corrected chi connectivity index (χ0v) is 12.3.